The molecule has 17 heavy (non-hydrogen) atoms. The molecule has 1 aromatic carbocycles. The van der Waals surface area contributed by atoms with E-state index in [1.165, 1.54) is 0 Å². The first-order chi connectivity index (χ1) is 8.19. The highest BCUT2D eigenvalue weighted by molar-refractivity contribution is 5.71. The molecule has 5 heteroatoms. The van der Waals surface area contributed by atoms with Gasteiger partial charge in [0.1, 0.15) is 11.5 Å². The van der Waals surface area contributed by atoms with Gasteiger partial charge in [-0.25, -0.2) is 4.79 Å². The molecule has 0 spiro atoms. The van der Waals surface area contributed by atoms with E-state index in [-0.39, 0.29) is 12.1 Å². The molecular formula is C12H16N2O3. The van der Waals surface area contributed by atoms with E-state index in [0.29, 0.717) is 24.6 Å². The van der Waals surface area contributed by atoms with Gasteiger partial charge in [-0.2, -0.15) is 0 Å². The summed E-state index contributed by atoms with van der Waals surface area (Å²) in [6, 6.07) is 7.03. The zero-order valence-corrected chi connectivity index (χ0v) is 9.76. The number of nitrogens with zero attached hydrogens (tertiary/aromatic N) is 1. The van der Waals surface area contributed by atoms with Crippen molar-refractivity contribution < 1.29 is 14.3 Å². The maximum Gasteiger partial charge on any atom is 0.415 e. The minimum Gasteiger partial charge on any atom is -0.497 e. The van der Waals surface area contributed by atoms with Crippen LogP contribution in [0.1, 0.15) is 6.42 Å². The van der Waals surface area contributed by atoms with E-state index >= 15 is 0 Å². The quantitative estimate of drug-likeness (QED) is 0.838. The Hall–Kier alpha value is -1.75. The first kappa shape index (κ1) is 11.7. The van der Waals surface area contributed by atoms with E-state index in [2.05, 4.69) is 0 Å². The molecular weight excluding hydrogens is 220 g/mol. The highest BCUT2D eigenvalue weighted by atomic mass is 16.6. The first-order valence-corrected chi connectivity index (χ1v) is 5.55. The van der Waals surface area contributed by atoms with Crippen LogP contribution in [-0.2, 0) is 0 Å². The average Bonchev–Trinajstić information content (AvgIpc) is 2.76. The zero-order chi connectivity index (χ0) is 12.3. The lowest BCUT2D eigenvalue weighted by Crippen LogP contribution is -2.33. The topological polar surface area (TPSA) is 64.8 Å². The van der Waals surface area contributed by atoms with Crippen molar-refractivity contribution in [3.05, 3.63) is 24.3 Å². The molecule has 0 aliphatic carbocycles. The van der Waals surface area contributed by atoms with E-state index < -0.39 is 0 Å². The molecule has 2 rings (SSSR count). The van der Waals surface area contributed by atoms with Crippen molar-refractivity contribution in [3.63, 3.8) is 0 Å². The number of carbonyl (C=O) groups is 1. The summed E-state index contributed by atoms with van der Waals surface area (Å²) in [5, 5.41) is 0. The van der Waals surface area contributed by atoms with Crippen LogP contribution in [0.25, 0.3) is 0 Å². The molecule has 5 nitrogen and oxygen atoms in total. The van der Waals surface area contributed by atoms with Crippen LogP contribution in [0.3, 0.4) is 0 Å². The van der Waals surface area contributed by atoms with Crippen LogP contribution in [0, 0.1) is 0 Å². The summed E-state index contributed by atoms with van der Waals surface area (Å²) in [5.74, 6) is 1.14. The van der Waals surface area contributed by atoms with Gasteiger partial charge in [-0.1, -0.05) is 6.07 Å². The molecule has 0 saturated carbocycles. The summed E-state index contributed by atoms with van der Waals surface area (Å²) in [5.41, 5.74) is 5.73. The fourth-order valence-electron chi connectivity index (χ4n) is 1.78. The Morgan fingerprint density at radius 3 is 2.88 bits per heavy atom. The van der Waals surface area contributed by atoms with E-state index in [0.717, 1.165) is 6.42 Å². The Bertz CT molecular complexity index is 408. The van der Waals surface area contributed by atoms with Gasteiger partial charge in [0.15, 0.2) is 0 Å². The number of nitrogens with two attached hydrogens (primary N) is 1. The largest absolute Gasteiger partial charge is 0.497 e. The second-order valence-corrected chi connectivity index (χ2v) is 4.04. The normalized spacial score (nSPS) is 19.2. The highest BCUT2D eigenvalue weighted by Gasteiger charge is 2.25. The van der Waals surface area contributed by atoms with Crippen molar-refractivity contribution in [1.82, 2.24) is 4.90 Å². The van der Waals surface area contributed by atoms with Crippen LogP contribution in [0.2, 0.25) is 0 Å². The van der Waals surface area contributed by atoms with Crippen LogP contribution in [0.5, 0.6) is 11.5 Å². The predicted octanol–water partition coefficient (Wildman–Crippen LogP) is 1.23. The SMILES string of the molecule is COc1cccc(OC(=O)N2CCC(N)C2)c1. The third-order valence-corrected chi connectivity index (χ3v) is 2.73. The predicted molar refractivity (Wildman–Crippen MR) is 63.2 cm³/mol. The third-order valence-electron chi connectivity index (χ3n) is 2.73. The van der Waals surface area contributed by atoms with Crippen LogP contribution in [-0.4, -0.2) is 37.2 Å². The monoisotopic (exact) mass is 236 g/mol. The lowest BCUT2D eigenvalue weighted by Gasteiger charge is -2.15. The maximum absolute atomic E-state index is 11.8. The third kappa shape index (κ3) is 2.88. The van der Waals surface area contributed by atoms with Gasteiger partial charge >= 0.3 is 6.09 Å². The Kier molecular flexibility index (Phi) is 3.49. The lowest BCUT2D eigenvalue weighted by molar-refractivity contribution is 0.162. The summed E-state index contributed by atoms with van der Waals surface area (Å²) in [7, 11) is 1.57. The number of methoxy groups -OCH3 is 1. The molecule has 1 amide bonds. The van der Waals surface area contributed by atoms with E-state index in [4.69, 9.17) is 15.2 Å². The van der Waals surface area contributed by atoms with Crippen LogP contribution >= 0.6 is 0 Å². The molecule has 0 bridgehead atoms. The van der Waals surface area contributed by atoms with Gasteiger partial charge in [0.05, 0.1) is 7.11 Å². The summed E-state index contributed by atoms with van der Waals surface area (Å²) in [6.45, 7) is 1.22. The van der Waals surface area contributed by atoms with Crippen molar-refractivity contribution in [3.8, 4) is 11.5 Å². The average molecular weight is 236 g/mol. The van der Waals surface area contributed by atoms with Crippen molar-refractivity contribution in [2.45, 2.75) is 12.5 Å². The Morgan fingerprint density at radius 1 is 1.47 bits per heavy atom. The smallest absolute Gasteiger partial charge is 0.415 e. The summed E-state index contributed by atoms with van der Waals surface area (Å²) < 4.78 is 10.3. The van der Waals surface area contributed by atoms with Gasteiger partial charge in [-0.15, -0.1) is 0 Å². The van der Waals surface area contributed by atoms with Gasteiger partial charge in [0.25, 0.3) is 0 Å². The van der Waals surface area contributed by atoms with Gasteiger partial charge in [0, 0.05) is 25.2 Å². The van der Waals surface area contributed by atoms with Crippen molar-refractivity contribution in [2.75, 3.05) is 20.2 Å². The molecule has 0 radical (unpaired) electrons. The molecule has 1 fully saturated rings. The number of hydrogen-bond donors (Lipinski definition) is 1. The number of likely N-dealkylation sites (tertiary alicyclic amines) is 1. The molecule has 1 aliphatic heterocycles. The number of benzene rings is 1. The number of rotatable bonds is 2. The fourth-order valence-corrected chi connectivity index (χ4v) is 1.78. The number of ether oxygens (including phenoxy) is 2. The second kappa shape index (κ2) is 5.05. The number of carbonyl (C=O) groups excluding carboxylic acids is 1. The van der Waals surface area contributed by atoms with Crippen molar-refractivity contribution in [1.29, 1.82) is 0 Å². The second-order valence-electron chi connectivity index (χ2n) is 4.04. The van der Waals surface area contributed by atoms with Gasteiger partial charge in [-0.3, -0.25) is 0 Å². The minimum absolute atomic E-state index is 0.0628. The molecule has 1 aliphatic rings. The van der Waals surface area contributed by atoms with Gasteiger partial charge in [-0.05, 0) is 18.6 Å². The summed E-state index contributed by atoms with van der Waals surface area (Å²) >= 11 is 0. The summed E-state index contributed by atoms with van der Waals surface area (Å²) in [4.78, 5) is 13.4. The molecule has 2 N–H and O–H groups in total. The van der Waals surface area contributed by atoms with Crippen LogP contribution in [0.15, 0.2) is 24.3 Å². The molecule has 1 aromatic rings. The fraction of sp³-hybridized carbons (Fsp3) is 0.417. The molecule has 92 valence electrons. The van der Waals surface area contributed by atoms with E-state index in [1.54, 1.807) is 36.3 Å². The molecule has 1 unspecified atom stereocenters. The first-order valence-electron chi connectivity index (χ1n) is 5.55. The van der Waals surface area contributed by atoms with Gasteiger partial charge in [0.2, 0.25) is 0 Å². The molecule has 1 saturated heterocycles. The van der Waals surface area contributed by atoms with Crippen molar-refractivity contribution in [2.24, 2.45) is 5.73 Å². The number of amides is 1. The molecule has 1 atom stereocenters. The summed E-state index contributed by atoms with van der Waals surface area (Å²) in [6.07, 6.45) is 0.471. The maximum atomic E-state index is 11.8. The molecule has 1 heterocycles. The standard InChI is InChI=1S/C12H16N2O3/c1-16-10-3-2-4-11(7-10)17-12(15)14-6-5-9(13)8-14/h2-4,7,9H,5-6,8,13H2,1H3. The van der Waals surface area contributed by atoms with Gasteiger partial charge < -0.3 is 20.1 Å². The van der Waals surface area contributed by atoms with Crippen LogP contribution < -0.4 is 15.2 Å². The highest BCUT2D eigenvalue weighted by Crippen LogP contribution is 2.20. The number of hydrogen-bond acceptors (Lipinski definition) is 4. The van der Waals surface area contributed by atoms with E-state index in [9.17, 15) is 4.79 Å². The van der Waals surface area contributed by atoms with Crippen molar-refractivity contribution >= 4 is 6.09 Å². The Balaban J connectivity index is 1.98. The Labute approximate surface area is 100 Å². The molecule has 0 aromatic heterocycles. The van der Waals surface area contributed by atoms with Crippen LogP contribution in [0.4, 0.5) is 4.79 Å². The zero-order valence-electron chi connectivity index (χ0n) is 9.76. The van der Waals surface area contributed by atoms with E-state index in [1.807, 2.05) is 0 Å². The Morgan fingerprint density at radius 2 is 2.24 bits per heavy atom. The lowest BCUT2D eigenvalue weighted by atomic mass is 10.3. The minimum atomic E-state index is -0.355.